The molecule has 0 aliphatic heterocycles. The minimum atomic E-state index is 0.905. The van der Waals surface area contributed by atoms with Crippen LogP contribution in [0.4, 0.5) is 0 Å². The highest BCUT2D eigenvalue weighted by atomic mass is 32.1. The molecule has 40 valence electrons. The van der Waals surface area contributed by atoms with Crippen LogP contribution >= 0.6 is 11.5 Å². The average molecular weight is 123 g/mol. The third-order valence-electron chi connectivity index (χ3n) is 0.770. The van der Waals surface area contributed by atoms with Gasteiger partial charge in [-0.2, -0.15) is 4.37 Å². The minimum Gasteiger partial charge on any atom is -0.197 e. The fourth-order valence-electron chi connectivity index (χ4n) is 0.432. The van der Waals surface area contributed by atoms with E-state index in [4.69, 9.17) is 6.42 Å². The Hall–Kier alpha value is -0.810. The Morgan fingerprint density at radius 1 is 1.88 bits per heavy atom. The molecule has 0 amide bonds. The lowest BCUT2D eigenvalue weighted by Gasteiger charge is -1.67. The Morgan fingerprint density at radius 2 is 2.62 bits per heavy atom. The predicted molar refractivity (Wildman–Crippen MR) is 34.8 cm³/mol. The van der Waals surface area contributed by atoms with E-state index in [0.717, 1.165) is 10.6 Å². The van der Waals surface area contributed by atoms with E-state index in [1.54, 1.807) is 0 Å². The SMILES string of the molecule is C#Cc1cc(C)ns1. The lowest BCUT2D eigenvalue weighted by atomic mass is 10.4. The van der Waals surface area contributed by atoms with Gasteiger partial charge in [0.1, 0.15) is 0 Å². The molecule has 0 atom stereocenters. The van der Waals surface area contributed by atoms with Crippen molar-refractivity contribution < 1.29 is 0 Å². The lowest BCUT2D eigenvalue weighted by Crippen LogP contribution is -1.59. The van der Waals surface area contributed by atoms with Crippen LogP contribution in [0.15, 0.2) is 6.07 Å². The molecule has 0 unspecified atom stereocenters. The first-order valence-corrected chi connectivity index (χ1v) is 3.00. The molecule has 0 fully saturated rings. The van der Waals surface area contributed by atoms with Gasteiger partial charge in [-0.1, -0.05) is 5.92 Å². The van der Waals surface area contributed by atoms with E-state index in [9.17, 15) is 0 Å². The predicted octanol–water partition coefficient (Wildman–Crippen LogP) is 1.43. The molecule has 0 saturated carbocycles. The molecular weight excluding hydrogens is 118 g/mol. The summed E-state index contributed by atoms with van der Waals surface area (Å²) < 4.78 is 3.99. The normalized spacial score (nSPS) is 8.50. The van der Waals surface area contributed by atoms with Crippen molar-refractivity contribution in [3.8, 4) is 12.3 Å². The highest BCUT2D eigenvalue weighted by Gasteiger charge is 1.89. The van der Waals surface area contributed by atoms with Gasteiger partial charge in [-0.3, -0.25) is 0 Å². The fraction of sp³-hybridized carbons (Fsp3) is 0.167. The van der Waals surface area contributed by atoms with Gasteiger partial charge in [0.15, 0.2) is 0 Å². The van der Waals surface area contributed by atoms with Crippen molar-refractivity contribution in [2.45, 2.75) is 6.92 Å². The van der Waals surface area contributed by atoms with Crippen LogP contribution in [0.3, 0.4) is 0 Å². The van der Waals surface area contributed by atoms with Crippen molar-refractivity contribution in [2.75, 3.05) is 0 Å². The Balaban J connectivity index is 3.05. The summed E-state index contributed by atoms with van der Waals surface area (Å²) >= 11 is 1.36. The van der Waals surface area contributed by atoms with Crippen molar-refractivity contribution in [2.24, 2.45) is 0 Å². The van der Waals surface area contributed by atoms with Gasteiger partial charge in [0, 0.05) is 0 Å². The number of terminal acetylenes is 1. The van der Waals surface area contributed by atoms with Crippen LogP contribution in [0.25, 0.3) is 0 Å². The third kappa shape index (κ3) is 0.877. The van der Waals surface area contributed by atoms with Crippen LogP contribution in [0.5, 0.6) is 0 Å². The summed E-state index contributed by atoms with van der Waals surface area (Å²) in [6, 6.07) is 1.89. The standard InChI is InChI=1S/C6H5NS/c1-3-6-4-5(2)7-8-6/h1,4H,2H3. The molecule has 8 heavy (non-hydrogen) atoms. The Labute approximate surface area is 52.5 Å². The Bertz CT molecular complexity index is 219. The molecule has 1 aromatic heterocycles. The second-order valence-electron chi connectivity index (χ2n) is 1.48. The van der Waals surface area contributed by atoms with Gasteiger partial charge >= 0.3 is 0 Å². The second kappa shape index (κ2) is 1.97. The first-order valence-electron chi connectivity index (χ1n) is 2.23. The maximum Gasteiger partial charge on any atom is 0.0975 e. The lowest BCUT2D eigenvalue weighted by molar-refractivity contribution is 1.35. The molecule has 1 heterocycles. The third-order valence-corrected chi connectivity index (χ3v) is 1.58. The smallest absolute Gasteiger partial charge is 0.0975 e. The van der Waals surface area contributed by atoms with E-state index >= 15 is 0 Å². The number of aromatic nitrogens is 1. The highest BCUT2D eigenvalue weighted by molar-refractivity contribution is 7.06. The highest BCUT2D eigenvalue weighted by Crippen LogP contribution is 2.05. The largest absolute Gasteiger partial charge is 0.197 e. The number of hydrogen-bond acceptors (Lipinski definition) is 2. The molecule has 0 bridgehead atoms. The molecule has 1 nitrogen and oxygen atoms in total. The van der Waals surface area contributed by atoms with Crippen molar-refractivity contribution in [1.82, 2.24) is 4.37 Å². The summed E-state index contributed by atoms with van der Waals surface area (Å²) in [7, 11) is 0. The minimum absolute atomic E-state index is 0.905. The van der Waals surface area contributed by atoms with E-state index in [1.807, 2.05) is 13.0 Å². The molecule has 1 aromatic rings. The van der Waals surface area contributed by atoms with E-state index in [1.165, 1.54) is 11.5 Å². The molecule has 0 N–H and O–H groups in total. The number of hydrogen-bond donors (Lipinski definition) is 0. The Kier molecular flexibility index (Phi) is 1.32. The van der Waals surface area contributed by atoms with Crippen molar-refractivity contribution in [1.29, 1.82) is 0 Å². The summed E-state index contributed by atoms with van der Waals surface area (Å²) in [5, 5.41) is 0. The van der Waals surface area contributed by atoms with E-state index < -0.39 is 0 Å². The fourth-order valence-corrected chi connectivity index (χ4v) is 1.00. The zero-order valence-corrected chi connectivity index (χ0v) is 5.33. The van der Waals surface area contributed by atoms with Crippen LogP contribution in [-0.4, -0.2) is 4.37 Å². The van der Waals surface area contributed by atoms with E-state index in [2.05, 4.69) is 10.3 Å². The monoisotopic (exact) mass is 123 g/mol. The maximum absolute atomic E-state index is 5.08. The van der Waals surface area contributed by atoms with Crippen LogP contribution in [0, 0.1) is 19.3 Å². The van der Waals surface area contributed by atoms with Crippen molar-refractivity contribution in [3.63, 3.8) is 0 Å². The summed E-state index contributed by atoms with van der Waals surface area (Å²) in [6.07, 6.45) is 5.08. The van der Waals surface area contributed by atoms with Crippen LogP contribution in [0.2, 0.25) is 0 Å². The second-order valence-corrected chi connectivity index (χ2v) is 2.28. The number of nitrogens with zero attached hydrogens (tertiary/aromatic N) is 1. The van der Waals surface area contributed by atoms with Gasteiger partial charge in [0.05, 0.1) is 10.6 Å². The topological polar surface area (TPSA) is 12.9 Å². The van der Waals surface area contributed by atoms with Crippen LogP contribution in [0.1, 0.15) is 10.6 Å². The summed E-state index contributed by atoms with van der Waals surface area (Å²) in [5.41, 5.74) is 1.00. The van der Waals surface area contributed by atoms with Gasteiger partial charge in [-0.25, -0.2) is 0 Å². The van der Waals surface area contributed by atoms with E-state index in [0.29, 0.717) is 0 Å². The van der Waals surface area contributed by atoms with Crippen LogP contribution < -0.4 is 0 Å². The van der Waals surface area contributed by atoms with Crippen molar-refractivity contribution in [3.05, 3.63) is 16.6 Å². The van der Waals surface area contributed by atoms with Gasteiger partial charge < -0.3 is 0 Å². The number of aryl methyl sites for hydroxylation is 1. The molecule has 0 aliphatic rings. The van der Waals surface area contributed by atoms with Crippen molar-refractivity contribution >= 4 is 11.5 Å². The summed E-state index contributed by atoms with van der Waals surface area (Å²) in [4.78, 5) is 0.905. The molecule has 0 aliphatic carbocycles. The molecule has 1 rings (SSSR count). The van der Waals surface area contributed by atoms with Gasteiger partial charge in [-0.15, -0.1) is 6.42 Å². The molecule has 0 spiro atoms. The number of rotatable bonds is 0. The zero-order chi connectivity index (χ0) is 5.98. The molecule has 2 heteroatoms. The van der Waals surface area contributed by atoms with E-state index in [-0.39, 0.29) is 0 Å². The zero-order valence-electron chi connectivity index (χ0n) is 4.51. The first-order chi connectivity index (χ1) is 3.83. The molecule has 0 saturated heterocycles. The van der Waals surface area contributed by atoms with Gasteiger partial charge in [-0.05, 0) is 24.5 Å². The molecular formula is C6H5NS. The molecule has 0 radical (unpaired) electrons. The van der Waals surface area contributed by atoms with Gasteiger partial charge in [0.25, 0.3) is 0 Å². The summed E-state index contributed by atoms with van der Waals surface area (Å²) in [6.45, 7) is 1.93. The average Bonchev–Trinajstić information content (AvgIpc) is 2.14. The van der Waals surface area contributed by atoms with Gasteiger partial charge in [0.2, 0.25) is 0 Å². The maximum atomic E-state index is 5.08. The summed E-state index contributed by atoms with van der Waals surface area (Å²) in [5.74, 6) is 2.50. The quantitative estimate of drug-likeness (QED) is 0.475. The molecule has 0 aromatic carbocycles. The van der Waals surface area contributed by atoms with Crippen LogP contribution in [-0.2, 0) is 0 Å². The first kappa shape index (κ1) is 5.33. The Morgan fingerprint density at radius 3 is 2.88 bits per heavy atom.